The Labute approximate surface area is 88.7 Å². The molecular formula is C9H8F2N4O. The number of primary amides is 1. The van der Waals surface area contributed by atoms with Gasteiger partial charge in [-0.1, -0.05) is 0 Å². The first-order chi connectivity index (χ1) is 7.49. The predicted octanol–water partition coefficient (Wildman–Crippen LogP) is 0.382. The van der Waals surface area contributed by atoms with Gasteiger partial charge in [-0.25, -0.2) is 13.8 Å². The number of amides is 1. The van der Waals surface area contributed by atoms with Crippen LogP contribution in [-0.4, -0.2) is 15.5 Å². The minimum atomic E-state index is -1.03. The van der Waals surface area contributed by atoms with Gasteiger partial charge in [0, 0.05) is 12.1 Å². The molecule has 5 nitrogen and oxygen atoms in total. The van der Waals surface area contributed by atoms with Gasteiger partial charge in [0.2, 0.25) is 11.9 Å². The summed E-state index contributed by atoms with van der Waals surface area (Å²) in [4.78, 5) is 14.6. The van der Waals surface area contributed by atoms with Crippen LogP contribution >= 0.6 is 0 Å². The second kappa shape index (κ2) is 3.44. The summed E-state index contributed by atoms with van der Waals surface area (Å²) in [5.41, 5.74) is 10.9. The molecule has 0 unspecified atom stereocenters. The van der Waals surface area contributed by atoms with Crippen LogP contribution in [0.25, 0.3) is 11.0 Å². The summed E-state index contributed by atoms with van der Waals surface area (Å²) < 4.78 is 27.1. The number of nitrogens with two attached hydrogens (primary N) is 2. The maximum Gasteiger partial charge on any atom is 0.237 e. The molecule has 16 heavy (non-hydrogen) atoms. The van der Waals surface area contributed by atoms with E-state index >= 15 is 0 Å². The largest absolute Gasteiger partial charge is 0.369 e. The molecule has 1 aromatic carbocycles. The van der Waals surface area contributed by atoms with E-state index in [2.05, 4.69) is 4.98 Å². The van der Waals surface area contributed by atoms with E-state index in [-0.39, 0.29) is 23.5 Å². The maximum absolute atomic E-state index is 13.0. The third-order valence-corrected chi connectivity index (χ3v) is 2.13. The molecule has 0 aliphatic carbocycles. The third kappa shape index (κ3) is 1.56. The number of imidazole rings is 1. The molecule has 0 atom stereocenters. The van der Waals surface area contributed by atoms with Gasteiger partial charge in [0.1, 0.15) is 6.54 Å². The number of nitrogens with zero attached hydrogens (tertiary/aromatic N) is 2. The highest BCUT2D eigenvalue weighted by Gasteiger charge is 2.13. The van der Waals surface area contributed by atoms with Crippen LogP contribution in [0.15, 0.2) is 12.1 Å². The van der Waals surface area contributed by atoms with Crippen molar-refractivity contribution in [1.29, 1.82) is 0 Å². The summed E-state index contributed by atoms with van der Waals surface area (Å²) in [5.74, 6) is -2.70. The van der Waals surface area contributed by atoms with E-state index in [0.717, 1.165) is 12.1 Å². The van der Waals surface area contributed by atoms with Gasteiger partial charge in [-0.15, -0.1) is 0 Å². The van der Waals surface area contributed by atoms with E-state index in [1.54, 1.807) is 0 Å². The normalized spacial score (nSPS) is 10.9. The molecule has 0 aliphatic rings. The highest BCUT2D eigenvalue weighted by atomic mass is 19.2. The van der Waals surface area contributed by atoms with Crippen LogP contribution in [0, 0.1) is 11.6 Å². The minimum absolute atomic E-state index is 0.0150. The summed E-state index contributed by atoms with van der Waals surface area (Å²) in [6.07, 6.45) is 0. The Kier molecular flexibility index (Phi) is 2.22. The van der Waals surface area contributed by atoms with Crippen LogP contribution in [0.1, 0.15) is 0 Å². The number of nitrogen functional groups attached to an aromatic ring is 1. The quantitative estimate of drug-likeness (QED) is 0.776. The zero-order chi connectivity index (χ0) is 11.9. The molecule has 0 fully saturated rings. The Morgan fingerprint density at radius 2 is 2.00 bits per heavy atom. The zero-order valence-electron chi connectivity index (χ0n) is 8.08. The van der Waals surface area contributed by atoms with Crippen molar-refractivity contribution in [2.75, 3.05) is 5.73 Å². The van der Waals surface area contributed by atoms with Crippen molar-refractivity contribution in [2.45, 2.75) is 6.54 Å². The standard InChI is InChI=1S/C9H8F2N4O/c10-4-1-6-7(2-5(4)11)15(3-8(12)16)9(13)14-6/h1-2H,3H2,(H2,12,16)(H2,13,14). The summed E-state index contributed by atoms with van der Waals surface area (Å²) in [7, 11) is 0. The lowest BCUT2D eigenvalue weighted by atomic mass is 10.3. The molecule has 4 N–H and O–H groups in total. The summed E-state index contributed by atoms with van der Waals surface area (Å²) >= 11 is 0. The second-order valence-corrected chi connectivity index (χ2v) is 3.28. The van der Waals surface area contributed by atoms with Gasteiger partial charge < -0.3 is 16.0 Å². The van der Waals surface area contributed by atoms with E-state index in [9.17, 15) is 13.6 Å². The van der Waals surface area contributed by atoms with Crippen molar-refractivity contribution in [3.63, 3.8) is 0 Å². The van der Waals surface area contributed by atoms with Crippen molar-refractivity contribution in [3.8, 4) is 0 Å². The molecule has 7 heteroatoms. The van der Waals surface area contributed by atoms with Crippen LogP contribution in [-0.2, 0) is 11.3 Å². The molecule has 0 saturated heterocycles. The minimum Gasteiger partial charge on any atom is -0.369 e. The number of carbonyl (C=O) groups is 1. The van der Waals surface area contributed by atoms with Gasteiger partial charge in [0.25, 0.3) is 0 Å². The average molecular weight is 226 g/mol. The molecule has 0 saturated carbocycles. The third-order valence-electron chi connectivity index (χ3n) is 2.13. The van der Waals surface area contributed by atoms with Gasteiger partial charge in [0.15, 0.2) is 11.6 Å². The number of carbonyl (C=O) groups excluding carboxylic acids is 1. The number of rotatable bonds is 2. The van der Waals surface area contributed by atoms with Crippen LogP contribution in [0.4, 0.5) is 14.7 Å². The van der Waals surface area contributed by atoms with Crippen molar-refractivity contribution in [2.24, 2.45) is 5.73 Å². The fourth-order valence-electron chi connectivity index (χ4n) is 1.46. The lowest BCUT2D eigenvalue weighted by Gasteiger charge is -2.02. The van der Waals surface area contributed by atoms with Gasteiger partial charge in [0.05, 0.1) is 11.0 Å². The molecule has 0 spiro atoms. The number of halogens is 2. The monoisotopic (exact) mass is 226 g/mol. The zero-order valence-corrected chi connectivity index (χ0v) is 8.08. The van der Waals surface area contributed by atoms with Crippen molar-refractivity contribution >= 4 is 22.9 Å². The lowest BCUT2D eigenvalue weighted by Crippen LogP contribution is -2.19. The number of benzene rings is 1. The van der Waals surface area contributed by atoms with Crippen molar-refractivity contribution in [1.82, 2.24) is 9.55 Å². The van der Waals surface area contributed by atoms with E-state index in [1.807, 2.05) is 0 Å². The van der Waals surface area contributed by atoms with Gasteiger partial charge >= 0.3 is 0 Å². The van der Waals surface area contributed by atoms with Gasteiger partial charge in [-0.05, 0) is 0 Å². The Bertz CT molecular complexity index is 578. The van der Waals surface area contributed by atoms with Crippen LogP contribution in [0.5, 0.6) is 0 Å². The first-order valence-corrected chi connectivity index (χ1v) is 4.38. The predicted molar refractivity (Wildman–Crippen MR) is 53.3 cm³/mol. The van der Waals surface area contributed by atoms with Crippen LogP contribution in [0.2, 0.25) is 0 Å². The lowest BCUT2D eigenvalue weighted by molar-refractivity contribution is -0.118. The van der Waals surface area contributed by atoms with E-state index in [4.69, 9.17) is 11.5 Å². The second-order valence-electron chi connectivity index (χ2n) is 3.28. The smallest absolute Gasteiger partial charge is 0.237 e. The number of fused-ring (bicyclic) bond motifs is 1. The molecule has 0 radical (unpaired) electrons. The molecule has 1 heterocycles. The molecule has 0 bridgehead atoms. The first-order valence-electron chi connectivity index (χ1n) is 4.38. The summed E-state index contributed by atoms with van der Waals surface area (Å²) in [6, 6.07) is 1.84. The fourth-order valence-corrected chi connectivity index (χ4v) is 1.46. The molecule has 1 aromatic heterocycles. The number of hydrogen-bond acceptors (Lipinski definition) is 3. The molecule has 2 rings (SSSR count). The summed E-state index contributed by atoms with van der Waals surface area (Å²) in [6.45, 7) is -0.229. The SMILES string of the molecule is NC(=O)Cn1c(N)nc2cc(F)c(F)cc21. The average Bonchev–Trinajstić information content (AvgIpc) is 2.45. The fraction of sp³-hybridized carbons (Fsp3) is 0.111. The van der Waals surface area contributed by atoms with Gasteiger partial charge in [-0.2, -0.15) is 0 Å². The van der Waals surface area contributed by atoms with E-state index in [0.29, 0.717) is 0 Å². The molecule has 84 valence electrons. The number of hydrogen-bond donors (Lipinski definition) is 2. The Morgan fingerprint density at radius 1 is 1.38 bits per heavy atom. The first kappa shape index (κ1) is 10.3. The van der Waals surface area contributed by atoms with Crippen molar-refractivity contribution < 1.29 is 13.6 Å². The molecule has 1 amide bonds. The molecule has 0 aliphatic heterocycles. The van der Waals surface area contributed by atoms with E-state index < -0.39 is 17.5 Å². The Hall–Kier alpha value is -2.18. The molecular weight excluding hydrogens is 218 g/mol. The van der Waals surface area contributed by atoms with Crippen LogP contribution in [0.3, 0.4) is 0 Å². The van der Waals surface area contributed by atoms with Crippen LogP contribution < -0.4 is 11.5 Å². The number of anilines is 1. The highest BCUT2D eigenvalue weighted by molar-refractivity contribution is 5.82. The highest BCUT2D eigenvalue weighted by Crippen LogP contribution is 2.20. The Morgan fingerprint density at radius 3 is 2.62 bits per heavy atom. The van der Waals surface area contributed by atoms with E-state index in [1.165, 1.54) is 4.57 Å². The topological polar surface area (TPSA) is 86.9 Å². The molecule has 2 aromatic rings. The number of aromatic nitrogens is 2. The summed E-state index contributed by atoms with van der Waals surface area (Å²) in [5, 5.41) is 0. The maximum atomic E-state index is 13.0. The van der Waals surface area contributed by atoms with Gasteiger partial charge in [-0.3, -0.25) is 4.79 Å². The Balaban J connectivity index is 2.68. The van der Waals surface area contributed by atoms with Crippen molar-refractivity contribution in [3.05, 3.63) is 23.8 Å².